The summed E-state index contributed by atoms with van der Waals surface area (Å²) in [5.74, 6) is -2.35. The molecule has 0 saturated carbocycles. The van der Waals surface area contributed by atoms with Gasteiger partial charge in [0.2, 0.25) is 0 Å². The second kappa shape index (κ2) is 6.82. The first-order chi connectivity index (χ1) is 9.99. The molecular formula is C14H11BrFNO3S. The fourth-order valence-electron chi connectivity index (χ4n) is 1.80. The molecule has 1 aromatic heterocycles. The van der Waals surface area contributed by atoms with Gasteiger partial charge in [0.05, 0.1) is 22.5 Å². The molecule has 1 amide bonds. The molecule has 2 rings (SSSR count). The number of carboxylic acid groups (broad SMARTS) is 1. The Morgan fingerprint density at radius 2 is 2.10 bits per heavy atom. The van der Waals surface area contributed by atoms with Crippen LogP contribution in [0.3, 0.4) is 0 Å². The van der Waals surface area contributed by atoms with E-state index in [1.807, 2.05) is 0 Å². The van der Waals surface area contributed by atoms with E-state index in [0.717, 1.165) is 0 Å². The Morgan fingerprint density at radius 3 is 2.71 bits per heavy atom. The Bertz CT molecular complexity index is 660. The standard InChI is InChI=1S/C14H11BrFNO3S/c15-9-4-1-3-8(13(9)16)14(20)17-10(7-12(18)19)11-5-2-6-21-11/h1-6,10H,7H2,(H,17,20)(H,18,19). The number of thiophene rings is 1. The van der Waals surface area contributed by atoms with Crippen molar-refractivity contribution in [1.29, 1.82) is 0 Å². The third kappa shape index (κ3) is 3.89. The zero-order valence-corrected chi connectivity index (χ0v) is 13.1. The van der Waals surface area contributed by atoms with Gasteiger partial charge in [0.25, 0.3) is 5.91 Å². The minimum Gasteiger partial charge on any atom is -0.481 e. The summed E-state index contributed by atoms with van der Waals surface area (Å²) >= 11 is 4.35. The molecule has 0 aliphatic heterocycles. The number of hydrogen-bond acceptors (Lipinski definition) is 3. The van der Waals surface area contributed by atoms with Crippen molar-refractivity contribution in [3.8, 4) is 0 Å². The highest BCUT2D eigenvalue weighted by molar-refractivity contribution is 9.10. The smallest absolute Gasteiger partial charge is 0.305 e. The van der Waals surface area contributed by atoms with E-state index >= 15 is 0 Å². The first kappa shape index (κ1) is 15.7. The van der Waals surface area contributed by atoms with Crippen LogP contribution < -0.4 is 5.32 Å². The summed E-state index contributed by atoms with van der Waals surface area (Å²) in [6, 6.07) is 7.19. The van der Waals surface area contributed by atoms with Crippen LogP contribution in [0.15, 0.2) is 40.2 Å². The van der Waals surface area contributed by atoms with Crippen molar-refractivity contribution in [2.75, 3.05) is 0 Å². The molecule has 7 heteroatoms. The van der Waals surface area contributed by atoms with Crippen LogP contribution >= 0.6 is 27.3 Å². The summed E-state index contributed by atoms with van der Waals surface area (Å²) in [5, 5.41) is 13.3. The van der Waals surface area contributed by atoms with Gasteiger partial charge in [-0.25, -0.2) is 4.39 Å². The predicted molar refractivity (Wildman–Crippen MR) is 80.9 cm³/mol. The first-order valence-electron chi connectivity index (χ1n) is 5.99. The van der Waals surface area contributed by atoms with Gasteiger partial charge in [0.15, 0.2) is 0 Å². The van der Waals surface area contributed by atoms with Crippen molar-refractivity contribution in [1.82, 2.24) is 5.32 Å². The van der Waals surface area contributed by atoms with E-state index in [1.165, 1.54) is 23.5 Å². The number of halogens is 2. The summed E-state index contributed by atoms with van der Waals surface area (Å²) in [4.78, 5) is 23.8. The molecule has 0 bridgehead atoms. The Kier molecular flexibility index (Phi) is 5.08. The zero-order chi connectivity index (χ0) is 15.4. The molecule has 0 aliphatic rings. The highest BCUT2D eigenvalue weighted by atomic mass is 79.9. The van der Waals surface area contributed by atoms with Gasteiger partial charge in [-0.2, -0.15) is 0 Å². The number of hydrogen-bond donors (Lipinski definition) is 2. The maximum Gasteiger partial charge on any atom is 0.305 e. The van der Waals surface area contributed by atoms with Crippen molar-refractivity contribution in [3.05, 3.63) is 56.4 Å². The molecule has 0 radical (unpaired) electrons. The van der Waals surface area contributed by atoms with E-state index < -0.39 is 23.7 Å². The molecule has 1 heterocycles. The van der Waals surface area contributed by atoms with Crippen LogP contribution in [-0.4, -0.2) is 17.0 Å². The molecule has 0 spiro atoms. The molecule has 1 aromatic carbocycles. The van der Waals surface area contributed by atoms with Gasteiger partial charge in [-0.3, -0.25) is 9.59 Å². The third-order valence-corrected chi connectivity index (χ3v) is 4.37. The van der Waals surface area contributed by atoms with E-state index in [0.29, 0.717) is 4.88 Å². The molecule has 0 saturated heterocycles. The van der Waals surface area contributed by atoms with Gasteiger partial charge < -0.3 is 10.4 Å². The molecule has 0 fully saturated rings. The van der Waals surface area contributed by atoms with Crippen molar-refractivity contribution < 1.29 is 19.1 Å². The fourth-order valence-corrected chi connectivity index (χ4v) is 2.95. The normalized spacial score (nSPS) is 11.9. The van der Waals surface area contributed by atoms with E-state index in [2.05, 4.69) is 21.2 Å². The summed E-state index contributed by atoms with van der Waals surface area (Å²) in [5.41, 5.74) is -0.128. The molecule has 0 aliphatic carbocycles. The zero-order valence-electron chi connectivity index (χ0n) is 10.7. The lowest BCUT2D eigenvalue weighted by atomic mass is 10.1. The largest absolute Gasteiger partial charge is 0.481 e. The average Bonchev–Trinajstić information content (AvgIpc) is 2.94. The Hall–Kier alpha value is -1.73. The Morgan fingerprint density at radius 1 is 1.33 bits per heavy atom. The molecule has 110 valence electrons. The van der Waals surface area contributed by atoms with Crippen LogP contribution in [-0.2, 0) is 4.79 Å². The topological polar surface area (TPSA) is 66.4 Å². The second-order valence-electron chi connectivity index (χ2n) is 4.24. The predicted octanol–water partition coefficient (Wildman–Crippen LogP) is 3.60. The van der Waals surface area contributed by atoms with Crippen LogP contribution in [0.2, 0.25) is 0 Å². The van der Waals surface area contributed by atoms with Crippen molar-refractivity contribution in [2.45, 2.75) is 12.5 Å². The molecule has 21 heavy (non-hydrogen) atoms. The maximum absolute atomic E-state index is 13.9. The van der Waals surface area contributed by atoms with Crippen LogP contribution in [0.4, 0.5) is 4.39 Å². The van der Waals surface area contributed by atoms with Gasteiger partial charge >= 0.3 is 5.97 Å². The number of amides is 1. The highest BCUT2D eigenvalue weighted by Gasteiger charge is 2.22. The molecule has 2 aromatic rings. The quantitative estimate of drug-likeness (QED) is 0.843. The lowest BCUT2D eigenvalue weighted by Crippen LogP contribution is -2.30. The maximum atomic E-state index is 13.9. The summed E-state index contributed by atoms with van der Waals surface area (Å²) < 4.78 is 14.1. The monoisotopic (exact) mass is 371 g/mol. The Balaban J connectivity index is 2.22. The highest BCUT2D eigenvalue weighted by Crippen LogP contribution is 2.24. The van der Waals surface area contributed by atoms with Crippen LogP contribution in [0.5, 0.6) is 0 Å². The number of nitrogens with one attached hydrogen (secondary N) is 1. The molecule has 1 atom stereocenters. The van der Waals surface area contributed by atoms with E-state index in [4.69, 9.17) is 5.11 Å². The second-order valence-corrected chi connectivity index (χ2v) is 6.07. The first-order valence-corrected chi connectivity index (χ1v) is 7.66. The van der Waals surface area contributed by atoms with Gasteiger partial charge in [0.1, 0.15) is 5.82 Å². The van der Waals surface area contributed by atoms with Gasteiger partial charge in [-0.15, -0.1) is 11.3 Å². The number of carbonyl (C=O) groups excluding carboxylic acids is 1. The van der Waals surface area contributed by atoms with Gasteiger partial charge in [-0.1, -0.05) is 12.1 Å². The van der Waals surface area contributed by atoms with Crippen molar-refractivity contribution in [3.63, 3.8) is 0 Å². The summed E-state index contributed by atoms with van der Waals surface area (Å²) in [7, 11) is 0. The summed E-state index contributed by atoms with van der Waals surface area (Å²) in [6.45, 7) is 0. The van der Waals surface area contributed by atoms with E-state index in [-0.39, 0.29) is 16.5 Å². The van der Waals surface area contributed by atoms with Crippen molar-refractivity contribution in [2.24, 2.45) is 0 Å². The average molecular weight is 372 g/mol. The SMILES string of the molecule is O=C(O)CC(NC(=O)c1cccc(Br)c1F)c1cccs1. The van der Waals surface area contributed by atoms with Crippen LogP contribution in [0.25, 0.3) is 0 Å². The number of carbonyl (C=O) groups is 2. The molecule has 4 nitrogen and oxygen atoms in total. The number of aliphatic carboxylic acids is 1. The lowest BCUT2D eigenvalue weighted by Gasteiger charge is -2.16. The van der Waals surface area contributed by atoms with Crippen molar-refractivity contribution >= 4 is 39.1 Å². The molecular weight excluding hydrogens is 361 g/mol. The number of carboxylic acids is 1. The fraction of sp³-hybridized carbons (Fsp3) is 0.143. The van der Waals surface area contributed by atoms with Crippen LogP contribution in [0, 0.1) is 5.82 Å². The minimum absolute atomic E-state index is 0.128. The third-order valence-electron chi connectivity index (χ3n) is 2.77. The van der Waals surface area contributed by atoms with E-state index in [1.54, 1.807) is 23.6 Å². The number of rotatable bonds is 5. The van der Waals surface area contributed by atoms with Gasteiger partial charge in [0, 0.05) is 4.88 Å². The lowest BCUT2D eigenvalue weighted by molar-refractivity contribution is -0.137. The minimum atomic E-state index is -1.04. The molecule has 2 N–H and O–H groups in total. The molecule has 1 unspecified atom stereocenters. The van der Waals surface area contributed by atoms with Gasteiger partial charge in [-0.05, 0) is 39.5 Å². The summed E-state index contributed by atoms with van der Waals surface area (Å²) in [6.07, 6.45) is -0.262. The number of benzene rings is 1. The van der Waals surface area contributed by atoms with Crippen LogP contribution in [0.1, 0.15) is 27.7 Å². The Labute approximate surface area is 132 Å². The van der Waals surface area contributed by atoms with E-state index in [9.17, 15) is 14.0 Å².